The van der Waals surface area contributed by atoms with E-state index in [2.05, 4.69) is 20.2 Å². The van der Waals surface area contributed by atoms with Crippen molar-refractivity contribution in [2.75, 3.05) is 13.2 Å². The Kier molecular flexibility index (Phi) is 3.71. The molecule has 0 atom stereocenters. The van der Waals surface area contributed by atoms with Crippen LogP contribution in [0.5, 0.6) is 0 Å². The summed E-state index contributed by atoms with van der Waals surface area (Å²) in [5, 5.41) is 12.7. The molecule has 0 unspecified atom stereocenters. The van der Waals surface area contributed by atoms with Crippen molar-refractivity contribution in [3.05, 3.63) is 48.3 Å². The minimum absolute atomic E-state index is 0.372. The number of nitrogens with one attached hydrogen (secondary N) is 1. The van der Waals surface area contributed by atoms with Gasteiger partial charge < -0.3 is 4.74 Å². The van der Waals surface area contributed by atoms with Gasteiger partial charge in [0.1, 0.15) is 11.5 Å². The van der Waals surface area contributed by atoms with Gasteiger partial charge in [0.25, 0.3) is 0 Å². The fourth-order valence-electron chi connectivity index (χ4n) is 3.35. The highest BCUT2D eigenvalue weighted by Gasteiger charge is 2.22. The van der Waals surface area contributed by atoms with Crippen LogP contribution in [0.4, 0.5) is 4.39 Å². The van der Waals surface area contributed by atoms with Crippen LogP contribution >= 0.6 is 0 Å². The van der Waals surface area contributed by atoms with Crippen LogP contribution in [0.3, 0.4) is 0 Å². The zero-order chi connectivity index (χ0) is 18.4. The van der Waals surface area contributed by atoms with E-state index in [-0.39, 0.29) is 5.82 Å². The molecule has 1 N–H and O–H groups in total. The number of ether oxygens (including phenoxy) is 1. The van der Waals surface area contributed by atoms with E-state index in [0.29, 0.717) is 17.3 Å². The molecule has 27 heavy (non-hydrogen) atoms. The number of halogens is 1. The first-order valence-corrected chi connectivity index (χ1v) is 8.75. The largest absolute Gasteiger partial charge is 0.381 e. The zero-order valence-electron chi connectivity index (χ0n) is 14.7. The standard InChI is InChI=1S/C19H17FN6O/c1-11-4-14(15-6-22-24-19(15)23-11)16-8-26(7-12-9-27-10-12)25-18(16)17-3-2-13(20)5-21-17/h2-6,8,12H,7,9-10H2,1H3,(H,22,23,24). The van der Waals surface area contributed by atoms with Gasteiger partial charge >= 0.3 is 0 Å². The molecule has 0 spiro atoms. The van der Waals surface area contributed by atoms with Crippen molar-refractivity contribution in [3.63, 3.8) is 0 Å². The zero-order valence-corrected chi connectivity index (χ0v) is 14.7. The first-order valence-electron chi connectivity index (χ1n) is 8.75. The number of pyridine rings is 2. The van der Waals surface area contributed by atoms with Gasteiger partial charge in [-0.1, -0.05) is 0 Å². The topological polar surface area (TPSA) is 81.5 Å². The van der Waals surface area contributed by atoms with Gasteiger partial charge in [-0.2, -0.15) is 10.2 Å². The molecule has 5 heterocycles. The SMILES string of the molecule is Cc1cc(-c2cn(CC3COC3)nc2-c2ccc(F)cn2)c2cn[nH]c2n1. The highest BCUT2D eigenvalue weighted by atomic mass is 19.1. The lowest BCUT2D eigenvalue weighted by Crippen LogP contribution is -2.31. The van der Waals surface area contributed by atoms with Gasteiger partial charge in [0.2, 0.25) is 0 Å². The van der Waals surface area contributed by atoms with Gasteiger partial charge in [-0.05, 0) is 30.7 Å². The number of hydrogen-bond donors (Lipinski definition) is 1. The van der Waals surface area contributed by atoms with Crippen molar-refractivity contribution in [1.29, 1.82) is 0 Å². The fraction of sp³-hybridized carbons (Fsp3) is 0.263. The number of fused-ring (bicyclic) bond motifs is 1. The number of aromatic amines is 1. The van der Waals surface area contributed by atoms with Gasteiger partial charge in [0.15, 0.2) is 5.65 Å². The van der Waals surface area contributed by atoms with Crippen LogP contribution < -0.4 is 0 Å². The first kappa shape index (κ1) is 16.1. The lowest BCUT2D eigenvalue weighted by molar-refractivity contribution is -0.0408. The van der Waals surface area contributed by atoms with Crippen LogP contribution in [0, 0.1) is 18.7 Å². The normalized spacial score (nSPS) is 14.6. The molecule has 136 valence electrons. The Bertz CT molecular complexity index is 1110. The molecule has 4 aromatic heterocycles. The molecule has 0 aromatic carbocycles. The summed E-state index contributed by atoms with van der Waals surface area (Å²) >= 11 is 0. The van der Waals surface area contributed by atoms with Gasteiger partial charge in [0.05, 0.1) is 31.3 Å². The molecular formula is C19H17FN6O. The van der Waals surface area contributed by atoms with Crippen molar-refractivity contribution in [2.24, 2.45) is 5.92 Å². The summed E-state index contributed by atoms with van der Waals surface area (Å²) in [6.07, 6.45) is 4.99. The van der Waals surface area contributed by atoms with Gasteiger partial charge in [0, 0.05) is 35.3 Å². The molecule has 8 heteroatoms. The average molecular weight is 364 g/mol. The Balaban J connectivity index is 1.69. The van der Waals surface area contributed by atoms with Crippen molar-refractivity contribution in [2.45, 2.75) is 13.5 Å². The molecule has 0 radical (unpaired) electrons. The van der Waals surface area contributed by atoms with Crippen molar-refractivity contribution in [1.82, 2.24) is 29.9 Å². The van der Waals surface area contributed by atoms with Crippen LogP contribution in [0.1, 0.15) is 5.69 Å². The van der Waals surface area contributed by atoms with E-state index in [1.54, 1.807) is 12.3 Å². The van der Waals surface area contributed by atoms with Crippen molar-refractivity contribution in [3.8, 4) is 22.5 Å². The fourth-order valence-corrected chi connectivity index (χ4v) is 3.35. The van der Waals surface area contributed by atoms with Gasteiger partial charge in [-0.3, -0.25) is 14.8 Å². The highest BCUT2D eigenvalue weighted by Crippen LogP contribution is 2.34. The summed E-state index contributed by atoms with van der Waals surface area (Å²) in [6, 6.07) is 5.06. The summed E-state index contributed by atoms with van der Waals surface area (Å²) in [5.74, 6) is 0.0863. The lowest BCUT2D eigenvalue weighted by Gasteiger charge is -2.25. The monoisotopic (exact) mass is 364 g/mol. The van der Waals surface area contributed by atoms with Crippen LogP contribution in [-0.2, 0) is 11.3 Å². The summed E-state index contributed by atoms with van der Waals surface area (Å²) < 4.78 is 20.5. The van der Waals surface area contributed by atoms with Crippen LogP contribution in [0.2, 0.25) is 0 Å². The number of nitrogens with zero attached hydrogens (tertiary/aromatic N) is 5. The van der Waals surface area contributed by atoms with Crippen molar-refractivity contribution >= 4 is 11.0 Å². The van der Waals surface area contributed by atoms with Gasteiger partial charge in [-0.25, -0.2) is 9.37 Å². The summed E-state index contributed by atoms with van der Waals surface area (Å²) in [6.45, 7) is 4.21. The van der Waals surface area contributed by atoms with E-state index in [1.165, 1.54) is 12.3 Å². The van der Waals surface area contributed by atoms with Crippen LogP contribution in [-0.4, -0.2) is 43.2 Å². The molecule has 0 aliphatic carbocycles. The Morgan fingerprint density at radius 2 is 2.15 bits per heavy atom. The van der Waals surface area contributed by atoms with Crippen LogP contribution in [0.15, 0.2) is 36.8 Å². The summed E-state index contributed by atoms with van der Waals surface area (Å²) in [5.41, 5.74) is 4.84. The third kappa shape index (κ3) is 2.87. The number of rotatable bonds is 4. The maximum absolute atomic E-state index is 13.4. The smallest absolute Gasteiger partial charge is 0.155 e. The molecule has 5 rings (SSSR count). The third-order valence-corrected chi connectivity index (χ3v) is 4.73. The number of aryl methyl sites for hydroxylation is 1. The second-order valence-electron chi connectivity index (χ2n) is 6.82. The van der Waals surface area contributed by atoms with Gasteiger partial charge in [-0.15, -0.1) is 0 Å². The van der Waals surface area contributed by atoms with Crippen molar-refractivity contribution < 1.29 is 9.13 Å². The van der Waals surface area contributed by atoms with E-state index in [0.717, 1.165) is 47.6 Å². The summed E-state index contributed by atoms with van der Waals surface area (Å²) in [7, 11) is 0. The molecule has 1 saturated heterocycles. The lowest BCUT2D eigenvalue weighted by atomic mass is 10.0. The van der Waals surface area contributed by atoms with E-state index < -0.39 is 0 Å². The maximum Gasteiger partial charge on any atom is 0.155 e. The minimum atomic E-state index is -0.372. The Morgan fingerprint density at radius 1 is 1.26 bits per heavy atom. The predicted octanol–water partition coefficient (Wildman–Crippen LogP) is 2.98. The Morgan fingerprint density at radius 3 is 2.89 bits per heavy atom. The Hall–Kier alpha value is -3.13. The highest BCUT2D eigenvalue weighted by molar-refractivity contribution is 5.96. The molecular weight excluding hydrogens is 347 g/mol. The van der Waals surface area contributed by atoms with E-state index in [4.69, 9.17) is 9.84 Å². The van der Waals surface area contributed by atoms with Crippen LogP contribution in [0.25, 0.3) is 33.5 Å². The third-order valence-electron chi connectivity index (χ3n) is 4.73. The molecule has 0 saturated carbocycles. The average Bonchev–Trinajstić information content (AvgIpc) is 3.25. The second-order valence-corrected chi connectivity index (χ2v) is 6.82. The maximum atomic E-state index is 13.4. The van der Waals surface area contributed by atoms with E-state index >= 15 is 0 Å². The molecule has 1 aliphatic rings. The molecule has 0 amide bonds. The first-order chi connectivity index (χ1) is 13.2. The number of aromatic nitrogens is 6. The summed E-state index contributed by atoms with van der Waals surface area (Å²) in [4.78, 5) is 8.72. The number of hydrogen-bond acceptors (Lipinski definition) is 5. The molecule has 0 bridgehead atoms. The Labute approximate surface area is 154 Å². The van der Waals surface area contributed by atoms with E-state index in [9.17, 15) is 4.39 Å². The van der Waals surface area contributed by atoms with E-state index in [1.807, 2.05) is 23.9 Å². The number of H-pyrrole nitrogens is 1. The quantitative estimate of drug-likeness (QED) is 0.602. The molecule has 1 aliphatic heterocycles. The molecule has 1 fully saturated rings. The minimum Gasteiger partial charge on any atom is -0.381 e. The predicted molar refractivity (Wildman–Crippen MR) is 97.3 cm³/mol. The second kappa shape index (κ2) is 6.24. The molecule has 4 aromatic rings. The molecule has 7 nitrogen and oxygen atoms in total.